The van der Waals surface area contributed by atoms with E-state index in [9.17, 15) is 4.79 Å². The van der Waals surface area contributed by atoms with Crippen molar-refractivity contribution in [3.63, 3.8) is 0 Å². The fourth-order valence-corrected chi connectivity index (χ4v) is 1.45. The Bertz CT molecular complexity index is 462. The molecule has 0 aliphatic rings. The number of rotatable bonds is 6. The first-order chi connectivity index (χ1) is 9.02. The van der Waals surface area contributed by atoms with Gasteiger partial charge in [0.25, 0.3) is 5.91 Å². The van der Waals surface area contributed by atoms with Crippen LogP contribution >= 0.6 is 0 Å². The van der Waals surface area contributed by atoms with Gasteiger partial charge in [0.15, 0.2) is 0 Å². The molecule has 102 valence electrons. The highest BCUT2D eigenvalue weighted by molar-refractivity contribution is 5.94. The van der Waals surface area contributed by atoms with E-state index in [4.69, 9.17) is 10.5 Å². The van der Waals surface area contributed by atoms with Gasteiger partial charge in [-0.2, -0.15) is 0 Å². The second-order valence-electron chi connectivity index (χ2n) is 4.23. The molecule has 1 rings (SSSR count). The number of carbonyl (C=O) groups is 1. The summed E-state index contributed by atoms with van der Waals surface area (Å²) in [7, 11) is 0. The number of amides is 1. The zero-order valence-corrected chi connectivity index (χ0v) is 11.3. The van der Waals surface area contributed by atoms with Crippen LogP contribution in [0.4, 0.5) is 0 Å². The molecule has 0 fully saturated rings. The molecule has 0 aromatic heterocycles. The number of ether oxygens (including phenoxy) is 1. The van der Waals surface area contributed by atoms with Crippen LogP contribution in [0.15, 0.2) is 48.6 Å². The Kier molecular flexibility index (Phi) is 5.82. The van der Waals surface area contributed by atoms with Crippen LogP contribution in [0.2, 0.25) is 0 Å². The summed E-state index contributed by atoms with van der Waals surface area (Å²) in [5, 5.41) is 2.62. The van der Waals surface area contributed by atoms with E-state index in [1.54, 1.807) is 31.2 Å². The summed E-state index contributed by atoms with van der Waals surface area (Å²) in [5.74, 6) is 0.503. The van der Waals surface area contributed by atoms with Crippen LogP contribution in [0.1, 0.15) is 24.2 Å². The van der Waals surface area contributed by atoms with Gasteiger partial charge in [-0.15, -0.1) is 0 Å². The Morgan fingerprint density at radius 2 is 2.11 bits per heavy atom. The fourth-order valence-electron chi connectivity index (χ4n) is 1.45. The topological polar surface area (TPSA) is 64.3 Å². The normalized spacial score (nSPS) is 12.2. The fraction of sp³-hybridized carbons (Fsp3) is 0.267. The maximum atomic E-state index is 11.7. The van der Waals surface area contributed by atoms with Crippen LogP contribution in [0.25, 0.3) is 0 Å². The van der Waals surface area contributed by atoms with Gasteiger partial charge in [0.2, 0.25) is 0 Å². The van der Waals surface area contributed by atoms with Crippen molar-refractivity contribution < 1.29 is 9.53 Å². The van der Waals surface area contributed by atoms with Gasteiger partial charge < -0.3 is 15.8 Å². The number of hydrogen-bond acceptors (Lipinski definition) is 3. The first-order valence-corrected chi connectivity index (χ1v) is 6.12. The number of nitrogens with one attached hydrogen (secondary N) is 1. The molecule has 0 saturated carbocycles. The minimum Gasteiger partial charge on any atom is -0.489 e. The second-order valence-corrected chi connectivity index (χ2v) is 4.23. The number of carbonyl (C=O) groups excluding carboxylic acids is 1. The first-order valence-electron chi connectivity index (χ1n) is 6.12. The molecule has 4 nitrogen and oxygen atoms in total. The van der Waals surface area contributed by atoms with Crippen molar-refractivity contribution in [1.82, 2.24) is 5.32 Å². The zero-order valence-electron chi connectivity index (χ0n) is 11.3. The number of allylic oxidation sites excluding steroid dienone is 1. The summed E-state index contributed by atoms with van der Waals surface area (Å²) in [5.41, 5.74) is 6.94. The van der Waals surface area contributed by atoms with Gasteiger partial charge in [0.05, 0.1) is 6.17 Å². The number of nitrogens with two attached hydrogens (primary N) is 1. The highest BCUT2D eigenvalue weighted by Gasteiger charge is 2.06. The Labute approximate surface area is 114 Å². The maximum absolute atomic E-state index is 11.7. The molecular weight excluding hydrogens is 240 g/mol. The van der Waals surface area contributed by atoms with Gasteiger partial charge in [0, 0.05) is 5.56 Å². The minimum atomic E-state index is -0.368. The molecule has 4 heteroatoms. The van der Waals surface area contributed by atoms with Crippen LogP contribution < -0.4 is 15.8 Å². The van der Waals surface area contributed by atoms with Crippen molar-refractivity contribution in [1.29, 1.82) is 0 Å². The average Bonchev–Trinajstić information content (AvgIpc) is 2.36. The summed E-state index contributed by atoms with van der Waals surface area (Å²) in [6, 6.07) is 6.90. The molecule has 1 amide bonds. The van der Waals surface area contributed by atoms with Crippen molar-refractivity contribution in [2.75, 3.05) is 6.61 Å². The molecule has 1 unspecified atom stereocenters. The minimum absolute atomic E-state index is 0.195. The summed E-state index contributed by atoms with van der Waals surface area (Å²) in [6.45, 7) is 7.91. The summed E-state index contributed by atoms with van der Waals surface area (Å²) in [4.78, 5) is 11.7. The maximum Gasteiger partial charge on any atom is 0.252 e. The molecule has 1 aromatic carbocycles. The molecule has 3 N–H and O–H groups in total. The van der Waals surface area contributed by atoms with Gasteiger partial charge >= 0.3 is 0 Å². The average molecular weight is 260 g/mol. The summed E-state index contributed by atoms with van der Waals surface area (Å²) >= 11 is 0. The van der Waals surface area contributed by atoms with E-state index in [-0.39, 0.29) is 12.1 Å². The smallest absolute Gasteiger partial charge is 0.252 e. The van der Waals surface area contributed by atoms with Crippen LogP contribution in [0.5, 0.6) is 5.75 Å². The predicted molar refractivity (Wildman–Crippen MR) is 77.0 cm³/mol. The lowest BCUT2D eigenvalue weighted by Gasteiger charge is -2.09. The predicted octanol–water partition coefficient (Wildman–Crippen LogP) is 2.23. The van der Waals surface area contributed by atoms with E-state index >= 15 is 0 Å². The first kappa shape index (κ1) is 15.0. The van der Waals surface area contributed by atoms with E-state index in [0.717, 1.165) is 5.57 Å². The molecule has 0 bridgehead atoms. The SMILES string of the molecule is C=C(/C=C\C)COc1ccc(C(=O)NC(C)N)cc1. The Morgan fingerprint density at radius 3 is 2.63 bits per heavy atom. The lowest BCUT2D eigenvalue weighted by molar-refractivity contribution is 0.0941. The Balaban J connectivity index is 2.56. The molecular formula is C15H20N2O2. The van der Waals surface area contributed by atoms with E-state index in [0.29, 0.717) is 17.9 Å². The lowest BCUT2D eigenvalue weighted by Crippen LogP contribution is -2.38. The Morgan fingerprint density at radius 1 is 1.47 bits per heavy atom. The molecule has 1 aromatic rings. The zero-order chi connectivity index (χ0) is 14.3. The van der Waals surface area contributed by atoms with Crippen molar-refractivity contribution in [3.05, 3.63) is 54.1 Å². The van der Waals surface area contributed by atoms with Gasteiger partial charge in [-0.1, -0.05) is 18.7 Å². The highest BCUT2D eigenvalue weighted by atomic mass is 16.5. The van der Waals surface area contributed by atoms with E-state index in [2.05, 4.69) is 11.9 Å². The third-order valence-corrected chi connectivity index (χ3v) is 2.30. The molecule has 0 spiro atoms. The third kappa shape index (κ3) is 5.40. The second kappa shape index (κ2) is 7.38. The largest absolute Gasteiger partial charge is 0.489 e. The van der Waals surface area contributed by atoms with Crippen LogP contribution in [-0.2, 0) is 0 Å². The van der Waals surface area contributed by atoms with Crippen LogP contribution in [-0.4, -0.2) is 18.7 Å². The molecule has 0 radical (unpaired) electrons. The van der Waals surface area contributed by atoms with Crippen molar-refractivity contribution >= 4 is 5.91 Å². The lowest BCUT2D eigenvalue weighted by atomic mass is 10.2. The Hall–Kier alpha value is -2.07. The molecule has 0 heterocycles. The molecule has 0 saturated heterocycles. The van der Waals surface area contributed by atoms with E-state index in [1.165, 1.54) is 0 Å². The molecule has 0 aliphatic carbocycles. The summed E-state index contributed by atoms with van der Waals surface area (Å²) in [6.07, 6.45) is 3.44. The number of hydrogen-bond donors (Lipinski definition) is 2. The van der Waals surface area contributed by atoms with Gasteiger partial charge in [-0.05, 0) is 43.7 Å². The van der Waals surface area contributed by atoms with Crippen molar-refractivity contribution in [2.24, 2.45) is 5.73 Å². The third-order valence-electron chi connectivity index (χ3n) is 2.30. The van der Waals surface area contributed by atoms with E-state index < -0.39 is 0 Å². The van der Waals surface area contributed by atoms with Gasteiger partial charge in [-0.3, -0.25) is 4.79 Å². The molecule has 19 heavy (non-hydrogen) atoms. The van der Waals surface area contributed by atoms with Crippen molar-refractivity contribution in [2.45, 2.75) is 20.0 Å². The highest BCUT2D eigenvalue weighted by Crippen LogP contribution is 2.13. The molecule has 1 atom stereocenters. The number of benzene rings is 1. The van der Waals surface area contributed by atoms with Crippen LogP contribution in [0, 0.1) is 0 Å². The van der Waals surface area contributed by atoms with Gasteiger partial charge in [0.1, 0.15) is 12.4 Å². The van der Waals surface area contributed by atoms with Gasteiger partial charge in [-0.25, -0.2) is 0 Å². The molecule has 0 aliphatic heterocycles. The quantitative estimate of drug-likeness (QED) is 0.609. The van der Waals surface area contributed by atoms with Crippen molar-refractivity contribution in [3.8, 4) is 5.75 Å². The van der Waals surface area contributed by atoms with Crippen LogP contribution in [0.3, 0.4) is 0 Å². The van der Waals surface area contributed by atoms with E-state index in [1.807, 2.05) is 19.1 Å². The summed E-state index contributed by atoms with van der Waals surface area (Å²) < 4.78 is 5.53. The monoisotopic (exact) mass is 260 g/mol. The standard InChI is InChI=1S/C15H20N2O2/c1-4-5-11(2)10-19-14-8-6-13(7-9-14)15(18)17-12(3)16/h4-9,12H,2,10,16H2,1,3H3,(H,17,18)/b5-4-.